The fraction of sp³-hybridized carbons (Fsp3) is 0.176. The van der Waals surface area contributed by atoms with Crippen LogP contribution in [0.15, 0.2) is 41.6 Å². The number of hydrogen-bond donors (Lipinski definition) is 1. The molecule has 1 aliphatic carbocycles. The molecule has 2 aromatic heterocycles. The van der Waals surface area contributed by atoms with Crippen molar-refractivity contribution in [2.75, 3.05) is 0 Å². The highest BCUT2D eigenvalue weighted by Crippen LogP contribution is 2.41. The Morgan fingerprint density at radius 3 is 2.60 bits per heavy atom. The number of fused-ring (bicyclic) bond motifs is 1. The van der Waals surface area contributed by atoms with E-state index in [1.165, 1.54) is 10.8 Å². The normalized spacial score (nSPS) is 14.0. The Hall–Kier alpha value is -2.80. The lowest BCUT2D eigenvalue weighted by Crippen LogP contribution is -2.17. The number of nitrogens with zero attached hydrogens (tertiary/aromatic N) is 2. The fourth-order valence-electron chi connectivity index (χ4n) is 2.93. The van der Waals surface area contributed by atoms with Crippen LogP contribution in [0.2, 0.25) is 5.02 Å². The maximum atomic E-state index is 14.7. The molecule has 0 atom stereocenters. The van der Waals surface area contributed by atoms with Crippen LogP contribution < -0.4 is 10.2 Å². The number of benzene rings is 1. The summed E-state index contributed by atoms with van der Waals surface area (Å²) in [6, 6.07) is 4.61. The minimum atomic E-state index is -1.60. The summed E-state index contributed by atoms with van der Waals surface area (Å²) in [4.78, 5) is 23.4. The highest BCUT2D eigenvalue weighted by molar-refractivity contribution is 6.37. The van der Waals surface area contributed by atoms with Crippen LogP contribution in [0.25, 0.3) is 16.6 Å². The van der Waals surface area contributed by atoms with Crippen molar-refractivity contribution in [1.29, 1.82) is 0 Å². The summed E-state index contributed by atoms with van der Waals surface area (Å²) in [7, 11) is 0. The van der Waals surface area contributed by atoms with Gasteiger partial charge in [-0.25, -0.2) is 9.18 Å². The zero-order valence-electron chi connectivity index (χ0n) is 12.8. The van der Waals surface area contributed by atoms with E-state index >= 15 is 0 Å². The average Bonchev–Trinajstić information content (AvgIpc) is 3.26. The molecule has 0 amide bonds. The van der Waals surface area contributed by atoms with Crippen LogP contribution in [-0.2, 0) is 0 Å². The molecule has 1 N–H and O–H groups in total. The Balaban J connectivity index is 2.08. The van der Waals surface area contributed by atoms with Gasteiger partial charge in [0.05, 0.1) is 22.1 Å². The number of hydrogen-bond acceptors (Lipinski definition) is 3. The molecule has 3 aromatic rings. The maximum Gasteiger partial charge on any atom is 0.511 e. The van der Waals surface area contributed by atoms with Gasteiger partial charge >= 0.3 is 6.16 Å². The molecule has 2 heterocycles. The molecule has 0 unspecified atom stereocenters. The second-order valence-electron chi connectivity index (χ2n) is 5.84. The third kappa shape index (κ3) is 2.56. The lowest BCUT2D eigenvalue weighted by atomic mass is 10.1. The smallest absolute Gasteiger partial charge is 0.449 e. The summed E-state index contributed by atoms with van der Waals surface area (Å²) in [5.74, 6) is -1.04. The highest BCUT2D eigenvalue weighted by atomic mass is 35.5. The van der Waals surface area contributed by atoms with Crippen molar-refractivity contribution in [3.63, 3.8) is 0 Å². The first-order valence-corrected chi connectivity index (χ1v) is 7.96. The van der Waals surface area contributed by atoms with Crippen LogP contribution in [-0.4, -0.2) is 20.4 Å². The van der Waals surface area contributed by atoms with Crippen molar-refractivity contribution in [3.8, 4) is 11.4 Å². The fourth-order valence-corrected chi connectivity index (χ4v) is 3.32. The number of rotatable bonds is 3. The van der Waals surface area contributed by atoms with Gasteiger partial charge in [-0.1, -0.05) is 11.6 Å². The molecule has 25 heavy (non-hydrogen) atoms. The van der Waals surface area contributed by atoms with E-state index in [-0.39, 0.29) is 27.9 Å². The molecule has 6 nitrogen and oxygen atoms in total. The molecule has 8 heteroatoms. The van der Waals surface area contributed by atoms with Gasteiger partial charge in [-0.15, -0.1) is 0 Å². The van der Waals surface area contributed by atoms with Crippen LogP contribution in [0.3, 0.4) is 0 Å². The van der Waals surface area contributed by atoms with E-state index in [2.05, 4.69) is 4.74 Å². The monoisotopic (exact) mass is 362 g/mol. The quantitative estimate of drug-likeness (QED) is 0.715. The minimum Gasteiger partial charge on any atom is -0.449 e. The van der Waals surface area contributed by atoms with Crippen LogP contribution >= 0.6 is 11.6 Å². The van der Waals surface area contributed by atoms with Gasteiger partial charge in [0, 0.05) is 18.4 Å². The number of carbonyl (C=O) groups is 1. The van der Waals surface area contributed by atoms with Gasteiger partial charge in [-0.3, -0.25) is 4.79 Å². The number of ether oxygens (including phenoxy) is 1. The van der Waals surface area contributed by atoms with Crippen LogP contribution in [0.4, 0.5) is 9.18 Å². The van der Waals surface area contributed by atoms with Crippen molar-refractivity contribution in [3.05, 3.63) is 57.9 Å². The molecule has 4 rings (SSSR count). The van der Waals surface area contributed by atoms with Gasteiger partial charge in [-0.2, -0.15) is 0 Å². The van der Waals surface area contributed by atoms with E-state index in [4.69, 9.17) is 16.7 Å². The molecular formula is C17H12ClFN2O4. The van der Waals surface area contributed by atoms with E-state index in [0.29, 0.717) is 5.52 Å². The lowest BCUT2D eigenvalue weighted by Gasteiger charge is -2.16. The zero-order chi connectivity index (χ0) is 17.7. The molecule has 0 saturated heterocycles. The highest BCUT2D eigenvalue weighted by Gasteiger charge is 2.29. The van der Waals surface area contributed by atoms with E-state index in [9.17, 15) is 14.0 Å². The summed E-state index contributed by atoms with van der Waals surface area (Å²) in [6.45, 7) is 0. The molecule has 1 aliphatic rings. The van der Waals surface area contributed by atoms with Gasteiger partial charge in [0.2, 0.25) is 5.43 Å². The van der Waals surface area contributed by atoms with E-state index < -0.39 is 17.4 Å². The number of halogens is 2. The maximum absolute atomic E-state index is 14.7. The largest absolute Gasteiger partial charge is 0.511 e. The standard InChI is InChI=1S/C17H12ClFN2O4/c18-13-14-10(7-11(19)15(13)20-5-1-2-6-20)16(22)12(25-17(23)24)8-21(14)9-3-4-9/h1-2,5-9H,3-4H2,(H,23,24). The molecule has 1 fully saturated rings. The predicted molar refractivity (Wildman–Crippen MR) is 89.4 cm³/mol. The van der Waals surface area contributed by atoms with E-state index in [0.717, 1.165) is 18.9 Å². The molecule has 0 spiro atoms. The van der Waals surface area contributed by atoms with E-state index in [1.54, 1.807) is 29.1 Å². The van der Waals surface area contributed by atoms with Crippen molar-refractivity contribution in [2.24, 2.45) is 0 Å². The Kier molecular flexibility index (Phi) is 3.54. The Morgan fingerprint density at radius 1 is 1.32 bits per heavy atom. The van der Waals surface area contributed by atoms with Gasteiger partial charge in [-0.05, 0) is 31.0 Å². The first-order chi connectivity index (χ1) is 12.0. The second-order valence-corrected chi connectivity index (χ2v) is 6.21. The third-order valence-electron chi connectivity index (χ3n) is 4.15. The number of carboxylic acid groups (broad SMARTS) is 1. The Morgan fingerprint density at radius 2 is 2.00 bits per heavy atom. The summed E-state index contributed by atoms with van der Waals surface area (Å²) >= 11 is 6.47. The first kappa shape index (κ1) is 15.7. The first-order valence-electron chi connectivity index (χ1n) is 7.58. The van der Waals surface area contributed by atoms with Crippen LogP contribution in [0.5, 0.6) is 5.75 Å². The predicted octanol–water partition coefficient (Wildman–Crippen LogP) is 3.98. The van der Waals surface area contributed by atoms with Crippen LogP contribution in [0, 0.1) is 5.82 Å². The lowest BCUT2D eigenvalue weighted by molar-refractivity contribution is 0.143. The molecule has 0 radical (unpaired) electrons. The molecule has 0 bridgehead atoms. The topological polar surface area (TPSA) is 73.5 Å². The van der Waals surface area contributed by atoms with Gasteiger partial charge in [0.15, 0.2) is 5.75 Å². The third-order valence-corrected chi connectivity index (χ3v) is 4.51. The minimum absolute atomic E-state index is 0.0101. The van der Waals surface area contributed by atoms with Crippen molar-refractivity contribution in [2.45, 2.75) is 18.9 Å². The molecule has 0 aliphatic heterocycles. The Labute approximate surface area is 145 Å². The van der Waals surface area contributed by atoms with E-state index in [1.807, 2.05) is 0 Å². The summed E-state index contributed by atoms with van der Waals surface area (Å²) in [5.41, 5.74) is -0.203. The molecule has 1 saturated carbocycles. The van der Waals surface area contributed by atoms with Crippen molar-refractivity contribution < 1.29 is 19.0 Å². The second kappa shape index (κ2) is 5.63. The van der Waals surface area contributed by atoms with Crippen LogP contribution in [0.1, 0.15) is 18.9 Å². The Bertz CT molecular complexity index is 1050. The molecule has 1 aromatic carbocycles. The molecular weight excluding hydrogens is 351 g/mol. The van der Waals surface area contributed by atoms with Gasteiger partial charge in [0.25, 0.3) is 0 Å². The van der Waals surface area contributed by atoms with Crippen molar-refractivity contribution >= 4 is 28.7 Å². The average molecular weight is 363 g/mol. The SMILES string of the molecule is O=C(O)Oc1cn(C2CC2)c2c(Cl)c(-n3cccc3)c(F)cc2c1=O. The van der Waals surface area contributed by atoms with Crippen molar-refractivity contribution in [1.82, 2.24) is 9.13 Å². The summed E-state index contributed by atoms with van der Waals surface area (Å²) in [6.07, 6.45) is 4.75. The van der Waals surface area contributed by atoms with Gasteiger partial charge in [0.1, 0.15) is 11.5 Å². The summed E-state index contributed by atoms with van der Waals surface area (Å²) in [5, 5.41) is 8.90. The molecule has 128 valence electrons. The number of aromatic nitrogens is 2. The summed E-state index contributed by atoms with van der Waals surface area (Å²) < 4.78 is 22.4. The number of pyridine rings is 1. The zero-order valence-corrected chi connectivity index (χ0v) is 13.5. The van der Waals surface area contributed by atoms with Gasteiger partial charge < -0.3 is 19.0 Å².